The highest BCUT2D eigenvalue weighted by molar-refractivity contribution is 9.10. The Hall–Kier alpha value is -2.49. The molecule has 1 aromatic heterocycles. The molecule has 0 spiro atoms. The van der Waals surface area contributed by atoms with Crippen LogP contribution in [0.25, 0.3) is 10.9 Å². The van der Waals surface area contributed by atoms with Crippen LogP contribution < -0.4 is 20.1 Å². The number of halogens is 2. The van der Waals surface area contributed by atoms with Gasteiger partial charge in [-0.2, -0.15) is 0 Å². The zero-order valence-electron chi connectivity index (χ0n) is 19.2. The van der Waals surface area contributed by atoms with Crippen LogP contribution in [0.3, 0.4) is 0 Å². The number of rotatable bonds is 8. The number of benzene rings is 2. The van der Waals surface area contributed by atoms with E-state index >= 15 is 0 Å². The van der Waals surface area contributed by atoms with Crippen molar-refractivity contribution in [1.82, 2.24) is 20.2 Å². The normalized spacial score (nSPS) is 20.3. The first-order chi connectivity index (χ1) is 16.6. The van der Waals surface area contributed by atoms with E-state index < -0.39 is 0 Å². The van der Waals surface area contributed by atoms with E-state index in [1.54, 1.807) is 19.2 Å². The number of hydrogen-bond donors (Lipinski definition) is 2. The molecule has 2 saturated heterocycles. The number of methoxy groups -OCH3 is 1. The van der Waals surface area contributed by atoms with Gasteiger partial charge in [-0.1, -0.05) is 15.9 Å². The van der Waals surface area contributed by atoms with E-state index in [1.807, 2.05) is 12.1 Å². The molecule has 0 saturated carbocycles. The molecule has 3 heterocycles. The van der Waals surface area contributed by atoms with Gasteiger partial charge in [0.1, 0.15) is 18.0 Å². The molecule has 2 unspecified atom stereocenters. The van der Waals surface area contributed by atoms with Crippen molar-refractivity contribution in [1.29, 1.82) is 0 Å². The Morgan fingerprint density at radius 2 is 2.12 bits per heavy atom. The number of aromatic nitrogens is 2. The summed E-state index contributed by atoms with van der Waals surface area (Å²) >= 11 is 3.29. The van der Waals surface area contributed by atoms with E-state index in [0.29, 0.717) is 45.6 Å². The van der Waals surface area contributed by atoms with Crippen molar-refractivity contribution < 1.29 is 13.9 Å². The lowest BCUT2D eigenvalue weighted by Gasteiger charge is -2.32. The quantitative estimate of drug-likeness (QED) is 0.408. The van der Waals surface area contributed by atoms with Crippen molar-refractivity contribution in [3.05, 3.63) is 46.9 Å². The van der Waals surface area contributed by atoms with Crippen LogP contribution in [0.4, 0.5) is 15.9 Å². The zero-order valence-corrected chi connectivity index (χ0v) is 20.8. The molecule has 7 nitrogen and oxygen atoms in total. The van der Waals surface area contributed by atoms with E-state index in [-0.39, 0.29) is 5.82 Å². The molecule has 5 rings (SSSR count). The lowest BCUT2D eigenvalue weighted by molar-refractivity contribution is 0.179. The maximum absolute atomic E-state index is 14.4. The van der Waals surface area contributed by atoms with Crippen molar-refractivity contribution in [2.45, 2.75) is 25.3 Å². The van der Waals surface area contributed by atoms with Gasteiger partial charge in [0.15, 0.2) is 11.5 Å². The van der Waals surface area contributed by atoms with Crippen LogP contribution in [0.15, 0.2) is 41.1 Å². The third-order valence-electron chi connectivity index (χ3n) is 6.80. The molecular formula is C25H29BrFN5O2. The molecule has 0 radical (unpaired) electrons. The van der Waals surface area contributed by atoms with Gasteiger partial charge in [-0.25, -0.2) is 14.4 Å². The molecule has 34 heavy (non-hydrogen) atoms. The maximum atomic E-state index is 14.4. The van der Waals surface area contributed by atoms with Gasteiger partial charge in [0.05, 0.1) is 24.9 Å². The molecule has 9 heteroatoms. The first-order valence-corrected chi connectivity index (χ1v) is 12.5. The fourth-order valence-electron chi connectivity index (χ4n) is 5.04. The Balaban J connectivity index is 1.29. The molecule has 2 atom stereocenters. The van der Waals surface area contributed by atoms with Crippen LogP contribution in [0.5, 0.6) is 11.5 Å². The van der Waals surface area contributed by atoms with Gasteiger partial charge in [0.25, 0.3) is 0 Å². The molecule has 2 N–H and O–H groups in total. The topological polar surface area (TPSA) is 71.5 Å². The van der Waals surface area contributed by atoms with Gasteiger partial charge >= 0.3 is 0 Å². The summed E-state index contributed by atoms with van der Waals surface area (Å²) in [4.78, 5) is 11.3. The molecule has 2 aliphatic rings. The van der Waals surface area contributed by atoms with Crippen LogP contribution in [0.2, 0.25) is 0 Å². The number of hydrogen-bond acceptors (Lipinski definition) is 7. The van der Waals surface area contributed by atoms with Gasteiger partial charge in [0.2, 0.25) is 0 Å². The molecule has 2 aromatic carbocycles. The first kappa shape index (κ1) is 23.3. The summed E-state index contributed by atoms with van der Waals surface area (Å²) in [6, 6.07) is 9.21. The smallest absolute Gasteiger partial charge is 0.162 e. The van der Waals surface area contributed by atoms with Gasteiger partial charge in [-0.15, -0.1) is 0 Å². The lowest BCUT2D eigenvalue weighted by Crippen LogP contribution is -2.46. The van der Waals surface area contributed by atoms with Crippen molar-refractivity contribution in [3.8, 4) is 11.5 Å². The Morgan fingerprint density at radius 3 is 2.97 bits per heavy atom. The summed E-state index contributed by atoms with van der Waals surface area (Å²) in [6.45, 7) is 5.03. The molecule has 0 bridgehead atoms. The van der Waals surface area contributed by atoms with Crippen molar-refractivity contribution in [3.63, 3.8) is 0 Å². The molecule has 0 aliphatic carbocycles. The largest absolute Gasteiger partial charge is 0.493 e. The second-order valence-electron chi connectivity index (χ2n) is 8.84. The Bertz CT molecular complexity index is 1160. The van der Waals surface area contributed by atoms with Crippen LogP contribution in [0.1, 0.15) is 19.3 Å². The maximum Gasteiger partial charge on any atom is 0.162 e. The number of likely N-dealkylation sites (tertiary alicyclic amines) is 1. The Labute approximate surface area is 207 Å². The summed E-state index contributed by atoms with van der Waals surface area (Å²) < 4.78 is 26.8. The summed E-state index contributed by atoms with van der Waals surface area (Å²) in [5, 5.41) is 7.34. The zero-order chi connectivity index (χ0) is 23.5. The minimum Gasteiger partial charge on any atom is -0.493 e. The minimum absolute atomic E-state index is 0.336. The van der Waals surface area contributed by atoms with Crippen LogP contribution >= 0.6 is 15.9 Å². The van der Waals surface area contributed by atoms with E-state index in [9.17, 15) is 4.39 Å². The van der Waals surface area contributed by atoms with Crippen LogP contribution in [-0.4, -0.2) is 60.8 Å². The Morgan fingerprint density at radius 1 is 1.21 bits per heavy atom. The molecule has 2 aliphatic heterocycles. The van der Waals surface area contributed by atoms with E-state index in [1.165, 1.54) is 31.8 Å². The standard InChI is InChI=1S/C25H29BrFN5O2/c1-33-23-13-21-18(25(30-15-29-21)31-20-4-3-17(26)11-19(20)27)12-24(23)34-10-2-8-32-9-6-16-5-7-28-14-22(16)32/h3-4,11-13,15-16,22,28H,2,5-10,14H2,1H3,(H,29,30,31). The van der Waals surface area contributed by atoms with E-state index in [0.717, 1.165) is 37.4 Å². The number of fused-ring (bicyclic) bond motifs is 2. The van der Waals surface area contributed by atoms with Gasteiger partial charge in [-0.05, 0) is 62.5 Å². The second kappa shape index (κ2) is 10.4. The van der Waals surface area contributed by atoms with Crippen LogP contribution in [-0.2, 0) is 0 Å². The van der Waals surface area contributed by atoms with Crippen molar-refractivity contribution in [2.75, 3.05) is 45.2 Å². The number of anilines is 2. The van der Waals surface area contributed by atoms with Crippen LogP contribution in [0, 0.1) is 11.7 Å². The van der Waals surface area contributed by atoms with E-state index in [2.05, 4.69) is 41.4 Å². The third kappa shape index (κ3) is 4.96. The minimum atomic E-state index is -0.372. The summed E-state index contributed by atoms with van der Waals surface area (Å²) in [7, 11) is 1.62. The van der Waals surface area contributed by atoms with E-state index in [4.69, 9.17) is 9.47 Å². The second-order valence-corrected chi connectivity index (χ2v) is 9.75. The molecule has 2 fully saturated rings. The number of piperidine rings is 1. The third-order valence-corrected chi connectivity index (χ3v) is 7.29. The first-order valence-electron chi connectivity index (χ1n) is 11.7. The molecule has 0 amide bonds. The fraction of sp³-hybridized carbons (Fsp3) is 0.440. The predicted molar refractivity (Wildman–Crippen MR) is 135 cm³/mol. The van der Waals surface area contributed by atoms with Gasteiger partial charge in [-0.3, -0.25) is 4.90 Å². The molecule has 3 aromatic rings. The average Bonchev–Trinajstić information content (AvgIpc) is 3.26. The number of ether oxygens (including phenoxy) is 2. The predicted octanol–water partition coefficient (Wildman–Crippen LogP) is 4.74. The summed E-state index contributed by atoms with van der Waals surface area (Å²) in [5.41, 5.74) is 1.02. The highest BCUT2D eigenvalue weighted by atomic mass is 79.9. The summed E-state index contributed by atoms with van der Waals surface area (Å²) in [5.74, 6) is 2.21. The Kier molecular flexibility index (Phi) is 7.12. The highest BCUT2D eigenvalue weighted by Gasteiger charge is 2.35. The molecular weight excluding hydrogens is 501 g/mol. The van der Waals surface area contributed by atoms with Gasteiger partial charge < -0.3 is 20.1 Å². The highest BCUT2D eigenvalue weighted by Crippen LogP contribution is 2.35. The SMILES string of the molecule is COc1cc2ncnc(Nc3ccc(Br)cc3F)c2cc1OCCCN1CCC2CCNCC21. The van der Waals surface area contributed by atoms with Gasteiger partial charge in [0, 0.05) is 35.1 Å². The van der Waals surface area contributed by atoms with Crippen molar-refractivity contribution in [2.24, 2.45) is 5.92 Å². The number of nitrogens with one attached hydrogen (secondary N) is 2. The monoisotopic (exact) mass is 529 g/mol. The average molecular weight is 530 g/mol. The number of nitrogens with zero attached hydrogens (tertiary/aromatic N) is 3. The lowest BCUT2D eigenvalue weighted by atomic mass is 9.93. The summed E-state index contributed by atoms with van der Waals surface area (Å²) in [6.07, 6.45) is 4.98. The fourth-order valence-corrected chi connectivity index (χ4v) is 5.37. The molecule has 180 valence electrons. The van der Waals surface area contributed by atoms with Crippen molar-refractivity contribution >= 4 is 38.3 Å².